The van der Waals surface area contributed by atoms with Gasteiger partial charge in [0.05, 0.1) is 34.6 Å². The van der Waals surface area contributed by atoms with Crippen molar-refractivity contribution in [2.24, 2.45) is 0 Å². The van der Waals surface area contributed by atoms with Crippen molar-refractivity contribution in [2.75, 3.05) is 11.9 Å². The van der Waals surface area contributed by atoms with Gasteiger partial charge in [-0.05, 0) is 44.2 Å². The first kappa shape index (κ1) is 21.2. The van der Waals surface area contributed by atoms with Crippen LogP contribution in [0.25, 0.3) is 22.4 Å². The van der Waals surface area contributed by atoms with E-state index >= 15 is 0 Å². The number of nitrogens with zero attached hydrogens (tertiary/aromatic N) is 2. The summed E-state index contributed by atoms with van der Waals surface area (Å²) in [6, 6.07) is 14.7. The average molecular weight is 439 g/mol. The monoisotopic (exact) mass is 439 g/mol. The van der Waals surface area contributed by atoms with E-state index in [1.54, 1.807) is 43.3 Å². The zero-order chi connectivity index (χ0) is 22.7. The van der Waals surface area contributed by atoms with Crippen LogP contribution < -0.4 is 14.8 Å². The van der Waals surface area contributed by atoms with E-state index in [-0.39, 0.29) is 17.0 Å². The Morgan fingerprint density at radius 3 is 2.75 bits per heavy atom. The summed E-state index contributed by atoms with van der Waals surface area (Å²) in [5, 5.41) is 7.23. The third-order valence-corrected chi connectivity index (χ3v) is 4.65. The lowest BCUT2D eigenvalue weighted by atomic mass is 10.0. The number of hydrogen-bond donors (Lipinski definition) is 1. The molecule has 2 aromatic heterocycles. The van der Waals surface area contributed by atoms with E-state index in [0.717, 1.165) is 0 Å². The van der Waals surface area contributed by atoms with Crippen molar-refractivity contribution >= 4 is 22.7 Å². The first-order chi connectivity index (χ1) is 15.5. The number of aromatic nitrogens is 2. The SMILES string of the molecule is CCOc1ccccc1NC(=O)c1cc(-c2cccc(OC(F)F)c2)nc2onc(C)c12. The number of para-hydroxylation sites is 2. The molecule has 0 unspecified atom stereocenters. The van der Waals surface area contributed by atoms with Crippen molar-refractivity contribution in [3.63, 3.8) is 0 Å². The Labute approximate surface area is 182 Å². The normalized spacial score (nSPS) is 11.0. The molecular formula is C23H19F2N3O4. The molecule has 0 atom stereocenters. The number of halogens is 2. The van der Waals surface area contributed by atoms with Crippen molar-refractivity contribution < 1.29 is 27.6 Å². The fourth-order valence-corrected chi connectivity index (χ4v) is 3.29. The van der Waals surface area contributed by atoms with E-state index in [9.17, 15) is 13.6 Å². The zero-order valence-corrected chi connectivity index (χ0v) is 17.3. The van der Waals surface area contributed by atoms with Crippen LogP contribution in [-0.4, -0.2) is 29.3 Å². The molecule has 164 valence electrons. The van der Waals surface area contributed by atoms with Gasteiger partial charge in [-0.3, -0.25) is 4.79 Å². The summed E-state index contributed by atoms with van der Waals surface area (Å²) in [7, 11) is 0. The van der Waals surface area contributed by atoms with Crippen molar-refractivity contribution in [3.05, 3.63) is 65.9 Å². The Kier molecular flexibility index (Phi) is 5.98. The van der Waals surface area contributed by atoms with Gasteiger partial charge in [0, 0.05) is 5.56 Å². The number of carbonyl (C=O) groups excluding carboxylic acids is 1. The molecule has 0 radical (unpaired) electrons. The van der Waals surface area contributed by atoms with Gasteiger partial charge in [0.15, 0.2) is 0 Å². The van der Waals surface area contributed by atoms with Gasteiger partial charge in [0.2, 0.25) is 0 Å². The van der Waals surface area contributed by atoms with Crippen LogP contribution in [0, 0.1) is 6.92 Å². The summed E-state index contributed by atoms with van der Waals surface area (Å²) < 4.78 is 40.5. The molecule has 2 heterocycles. The molecule has 1 N–H and O–H groups in total. The van der Waals surface area contributed by atoms with Crippen LogP contribution in [0.1, 0.15) is 23.0 Å². The number of benzene rings is 2. The molecule has 0 fully saturated rings. The average Bonchev–Trinajstić information content (AvgIpc) is 3.15. The topological polar surface area (TPSA) is 86.5 Å². The highest BCUT2D eigenvalue weighted by Gasteiger charge is 2.21. The lowest BCUT2D eigenvalue weighted by Crippen LogP contribution is -2.14. The van der Waals surface area contributed by atoms with Crippen molar-refractivity contribution in [1.82, 2.24) is 10.1 Å². The fourth-order valence-electron chi connectivity index (χ4n) is 3.29. The van der Waals surface area contributed by atoms with Gasteiger partial charge >= 0.3 is 6.61 Å². The summed E-state index contributed by atoms with van der Waals surface area (Å²) in [5.41, 5.74) is 2.25. The van der Waals surface area contributed by atoms with E-state index in [1.807, 2.05) is 13.0 Å². The van der Waals surface area contributed by atoms with E-state index in [1.165, 1.54) is 12.1 Å². The second-order valence-corrected chi connectivity index (χ2v) is 6.79. The molecule has 1 amide bonds. The molecule has 7 nitrogen and oxygen atoms in total. The number of hydrogen-bond acceptors (Lipinski definition) is 6. The van der Waals surface area contributed by atoms with Gasteiger partial charge in [0.1, 0.15) is 11.5 Å². The Balaban J connectivity index is 1.76. The largest absolute Gasteiger partial charge is 0.492 e. The van der Waals surface area contributed by atoms with Crippen LogP contribution in [0.2, 0.25) is 0 Å². The third-order valence-electron chi connectivity index (χ3n) is 4.65. The molecule has 0 aliphatic carbocycles. The number of aryl methyl sites for hydroxylation is 1. The minimum atomic E-state index is -2.95. The molecule has 4 aromatic rings. The van der Waals surface area contributed by atoms with Gasteiger partial charge in [-0.1, -0.05) is 29.4 Å². The highest BCUT2D eigenvalue weighted by molar-refractivity contribution is 6.13. The maximum atomic E-state index is 13.2. The number of ether oxygens (including phenoxy) is 2. The molecule has 0 aliphatic rings. The van der Waals surface area contributed by atoms with Crippen molar-refractivity contribution in [2.45, 2.75) is 20.5 Å². The minimum absolute atomic E-state index is 0.0233. The van der Waals surface area contributed by atoms with E-state index in [0.29, 0.717) is 40.4 Å². The van der Waals surface area contributed by atoms with Gasteiger partial charge in [0.25, 0.3) is 11.6 Å². The predicted octanol–water partition coefficient (Wildman–Crippen LogP) is 5.45. The summed E-state index contributed by atoms with van der Waals surface area (Å²) in [6.45, 7) is 1.04. The number of fused-ring (bicyclic) bond motifs is 1. The molecule has 0 aliphatic heterocycles. The summed E-state index contributed by atoms with van der Waals surface area (Å²) in [4.78, 5) is 17.6. The third kappa shape index (κ3) is 4.36. The van der Waals surface area contributed by atoms with Gasteiger partial charge in [-0.15, -0.1) is 0 Å². The van der Waals surface area contributed by atoms with E-state index in [2.05, 4.69) is 20.2 Å². The van der Waals surface area contributed by atoms with E-state index in [4.69, 9.17) is 9.26 Å². The highest BCUT2D eigenvalue weighted by Crippen LogP contribution is 2.31. The predicted molar refractivity (Wildman–Crippen MR) is 114 cm³/mol. The first-order valence-corrected chi connectivity index (χ1v) is 9.81. The number of rotatable bonds is 7. The molecule has 0 saturated carbocycles. The van der Waals surface area contributed by atoms with Crippen LogP contribution in [0.15, 0.2) is 59.1 Å². The van der Waals surface area contributed by atoms with Crippen molar-refractivity contribution in [3.8, 4) is 22.8 Å². The van der Waals surface area contributed by atoms with Crippen LogP contribution >= 0.6 is 0 Å². The molecule has 4 rings (SSSR count). The molecule has 9 heteroatoms. The molecule has 0 saturated heterocycles. The number of nitrogens with one attached hydrogen (secondary N) is 1. The van der Waals surface area contributed by atoms with Crippen LogP contribution in [0.3, 0.4) is 0 Å². The molecule has 0 bridgehead atoms. The zero-order valence-electron chi connectivity index (χ0n) is 17.3. The Bertz CT molecular complexity index is 1270. The van der Waals surface area contributed by atoms with Crippen LogP contribution in [0.5, 0.6) is 11.5 Å². The first-order valence-electron chi connectivity index (χ1n) is 9.81. The Morgan fingerprint density at radius 2 is 1.97 bits per heavy atom. The second kappa shape index (κ2) is 9.01. The maximum absolute atomic E-state index is 13.2. The minimum Gasteiger partial charge on any atom is -0.492 e. The highest BCUT2D eigenvalue weighted by atomic mass is 19.3. The van der Waals surface area contributed by atoms with Gasteiger partial charge < -0.3 is 19.3 Å². The Morgan fingerprint density at radius 1 is 1.16 bits per heavy atom. The Hall–Kier alpha value is -4.01. The lowest BCUT2D eigenvalue weighted by Gasteiger charge is -2.12. The maximum Gasteiger partial charge on any atom is 0.387 e. The number of amides is 1. The van der Waals surface area contributed by atoms with Crippen molar-refractivity contribution in [1.29, 1.82) is 0 Å². The fraction of sp³-hybridized carbons (Fsp3) is 0.174. The van der Waals surface area contributed by atoms with Gasteiger partial charge in [-0.2, -0.15) is 8.78 Å². The van der Waals surface area contributed by atoms with Crippen LogP contribution in [-0.2, 0) is 0 Å². The van der Waals surface area contributed by atoms with Crippen LogP contribution in [0.4, 0.5) is 14.5 Å². The number of alkyl halides is 2. The molecule has 2 aromatic carbocycles. The molecule has 0 spiro atoms. The molecule has 32 heavy (non-hydrogen) atoms. The number of carbonyl (C=O) groups is 1. The summed E-state index contributed by atoms with van der Waals surface area (Å²) in [5.74, 6) is 0.0923. The lowest BCUT2D eigenvalue weighted by molar-refractivity contribution is -0.0498. The smallest absolute Gasteiger partial charge is 0.387 e. The van der Waals surface area contributed by atoms with Gasteiger partial charge in [-0.25, -0.2) is 4.98 Å². The quantitative estimate of drug-likeness (QED) is 0.412. The van der Waals surface area contributed by atoms with E-state index < -0.39 is 12.5 Å². The standard InChI is InChI=1S/C23H19F2N3O4/c1-3-30-19-10-5-4-9-17(19)26-21(29)16-12-18(27-22-20(16)13(2)28-32-22)14-7-6-8-15(11-14)31-23(24)25/h4-12,23H,3H2,1-2H3,(H,26,29). The summed E-state index contributed by atoms with van der Waals surface area (Å²) >= 11 is 0. The number of pyridine rings is 1. The number of anilines is 1. The molecular weight excluding hydrogens is 420 g/mol. The second-order valence-electron chi connectivity index (χ2n) is 6.79. The summed E-state index contributed by atoms with van der Waals surface area (Å²) in [6.07, 6.45) is 0.